The third-order valence-corrected chi connectivity index (χ3v) is 5.97. The largest absolute Gasteiger partial charge is 0.496 e. The van der Waals surface area contributed by atoms with Gasteiger partial charge < -0.3 is 9.64 Å². The molecule has 0 saturated heterocycles. The zero-order chi connectivity index (χ0) is 17.5. The van der Waals surface area contributed by atoms with Crippen molar-refractivity contribution in [1.82, 2.24) is 0 Å². The second kappa shape index (κ2) is 6.02. The maximum absolute atomic E-state index is 12.8. The molecule has 2 aromatic carbocycles. The first kappa shape index (κ1) is 16.6. The summed E-state index contributed by atoms with van der Waals surface area (Å²) >= 11 is 0. The second-order valence-electron chi connectivity index (χ2n) is 6.21. The number of anilines is 2. The molecule has 1 heterocycles. The Hall–Kier alpha value is -2.21. The van der Waals surface area contributed by atoms with Crippen molar-refractivity contribution in [3.63, 3.8) is 0 Å². The van der Waals surface area contributed by atoms with Gasteiger partial charge in [0, 0.05) is 19.3 Å². The molecule has 3 rings (SSSR count). The van der Waals surface area contributed by atoms with Crippen LogP contribution in [-0.2, 0) is 16.4 Å². The first-order valence-corrected chi connectivity index (χ1v) is 9.32. The van der Waals surface area contributed by atoms with Gasteiger partial charge in [-0.15, -0.1) is 0 Å². The molecule has 0 fully saturated rings. The van der Waals surface area contributed by atoms with Gasteiger partial charge in [0.2, 0.25) is 0 Å². The lowest BCUT2D eigenvalue weighted by atomic mass is 10.1. The van der Waals surface area contributed by atoms with Crippen molar-refractivity contribution in [2.45, 2.75) is 25.2 Å². The number of hydrogen-bond acceptors (Lipinski definition) is 4. The van der Waals surface area contributed by atoms with Gasteiger partial charge in [0.05, 0.1) is 17.7 Å². The Kier molecular flexibility index (Phi) is 4.17. The Morgan fingerprint density at radius 2 is 1.88 bits per heavy atom. The number of nitrogens with one attached hydrogen (secondary N) is 1. The average molecular weight is 346 g/mol. The molecule has 128 valence electrons. The van der Waals surface area contributed by atoms with Gasteiger partial charge in [0.15, 0.2) is 0 Å². The van der Waals surface area contributed by atoms with E-state index in [0.29, 0.717) is 17.0 Å². The molecule has 0 saturated carbocycles. The molecule has 0 unspecified atom stereocenters. The van der Waals surface area contributed by atoms with Gasteiger partial charge in [-0.25, -0.2) is 8.42 Å². The van der Waals surface area contributed by atoms with E-state index in [1.165, 1.54) is 5.56 Å². The molecule has 0 spiro atoms. The van der Waals surface area contributed by atoms with Crippen molar-refractivity contribution in [3.05, 3.63) is 47.0 Å². The summed E-state index contributed by atoms with van der Waals surface area (Å²) in [5, 5.41) is 0. The molecule has 1 aliphatic rings. The van der Waals surface area contributed by atoms with Crippen LogP contribution in [-0.4, -0.2) is 29.1 Å². The van der Waals surface area contributed by atoms with Gasteiger partial charge in [-0.2, -0.15) is 0 Å². The minimum atomic E-state index is -3.65. The number of ether oxygens (including phenoxy) is 1. The number of likely N-dealkylation sites (N-methyl/N-ethyl adjacent to an activating group) is 1. The van der Waals surface area contributed by atoms with Crippen LogP contribution in [0.2, 0.25) is 0 Å². The fourth-order valence-electron chi connectivity index (χ4n) is 3.09. The SMILES string of the molecule is COc1cc(C)c(S(=O)(=O)Nc2ccc3c(c2)N(C)CC3)cc1C. The zero-order valence-electron chi connectivity index (χ0n) is 14.4. The van der Waals surface area contributed by atoms with Crippen LogP contribution in [0.1, 0.15) is 16.7 Å². The minimum Gasteiger partial charge on any atom is -0.496 e. The Labute approximate surface area is 143 Å². The van der Waals surface area contributed by atoms with Crippen molar-refractivity contribution in [2.75, 3.05) is 30.3 Å². The lowest BCUT2D eigenvalue weighted by Gasteiger charge is -2.16. The molecule has 0 atom stereocenters. The predicted molar refractivity (Wildman–Crippen MR) is 96.7 cm³/mol. The molecule has 1 aliphatic heterocycles. The van der Waals surface area contributed by atoms with Crippen LogP contribution in [0.4, 0.5) is 11.4 Å². The minimum absolute atomic E-state index is 0.273. The number of nitrogens with zero attached hydrogens (tertiary/aromatic N) is 1. The first-order chi connectivity index (χ1) is 11.3. The molecular formula is C18H22N2O3S. The monoisotopic (exact) mass is 346 g/mol. The first-order valence-electron chi connectivity index (χ1n) is 7.84. The van der Waals surface area contributed by atoms with Crippen molar-refractivity contribution in [2.24, 2.45) is 0 Å². The van der Waals surface area contributed by atoms with E-state index in [2.05, 4.69) is 9.62 Å². The lowest BCUT2D eigenvalue weighted by Crippen LogP contribution is -2.16. The highest BCUT2D eigenvalue weighted by Gasteiger charge is 2.21. The van der Waals surface area contributed by atoms with Crippen LogP contribution < -0.4 is 14.4 Å². The molecule has 0 amide bonds. The van der Waals surface area contributed by atoms with Crippen LogP contribution >= 0.6 is 0 Å². The Balaban J connectivity index is 1.95. The molecule has 0 radical (unpaired) electrons. The fraction of sp³-hybridized carbons (Fsp3) is 0.333. The van der Waals surface area contributed by atoms with Gasteiger partial charge in [0.25, 0.3) is 10.0 Å². The Bertz CT molecular complexity index is 891. The third kappa shape index (κ3) is 2.94. The highest BCUT2D eigenvalue weighted by molar-refractivity contribution is 7.92. The van der Waals surface area contributed by atoms with Gasteiger partial charge in [-0.3, -0.25) is 4.72 Å². The van der Waals surface area contributed by atoms with Crippen molar-refractivity contribution < 1.29 is 13.2 Å². The summed E-state index contributed by atoms with van der Waals surface area (Å²) < 4.78 is 33.5. The zero-order valence-corrected chi connectivity index (χ0v) is 15.2. The third-order valence-electron chi connectivity index (χ3n) is 4.45. The normalized spacial score (nSPS) is 13.8. The van der Waals surface area contributed by atoms with E-state index in [0.717, 1.165) is 24.2 Å². The van der Waals surface area contributed by atoms with E-state index in [-0.39, 0.29) is 4.90 Å². The smallest absolute Gasteiger partial charge is 0.262 e. The summed E-state index contributed by atoms with van der Waals surface area (Å²) in [4.78, 5) is 2.41. The van der Waals surface area contributed by atoms with E-state index in [1.807, 2.05) is 32.2 Å². The van der Waals surface area contributed by atoms with E-state index < -0.39 is 10.0 Å². The summed E-state index contributed by atoms with van der Waals surface area (Å²) in [7, 11) is -0.0569. The highest BCUT2D eigenvalue weighted by atomic mass is 32.2. The Morgan fingerprint density at radius 3 is 2.58 bits per heavy atom. The van der Waals surface area contributed by atoms with Gasteiger partial charge in [-0.05, 0) is 61.2 Å². The van der Waals surface area contributed by atoms with Crippen LogP contribution in [0.15, 0.2) is 35.2 Å². The topological polar surface area (TPSA) is 58.6 Å². The van der Waals surface area contributed by atoms with Gasteiger partial charge >= 0.3 is 0 Å². The van der Waals surface area contributed by atoms with Gasteiger partial charge in [-0.1, -0.05) is 6.07 Å². The molecule has 24 heavy (non-hydrogen) atoms. The standard InChI is InChI=1S/C18H22N2O3S/c1-12-10-18(13(2)9-17(12)23-4)24(21,22)19-15-6-5-14-7-8-20(3)16(14)11-15/h5-6,9-11,19H,7-8H2,1-4H3. The molecule has 2 aromatic rings. The summed E-state index contributed by atoms with van der Waals surface area (Å²) in [5.74, 6) is 0.686. The van der Waals surface area contributed by atoms with Crippen molar-refractivity contribution in [1.29, 1.82) is 0 Å². The lowest BCUT2D eigenvalue weighted by molar-refractivity contribution is 0.411. The number of fused-ring (bicyclic) bond motifs is 1. The van der Waals surface area contributed by atoms with E-state index in [1.54, 1.807) is 26.2 Å². The number of benzene rings is 2. The number of methoxy groups -OCH3 is 1. The summed E-state index contributed by atoms with van der Waals surface area (Å²) in [6.45, 7) is 4.57. The van der Waals surface area contributed by atoms with Crippen LogP contribution in [0.3, 0.4) is 0 Å². The number of hydrogen-bond donors (Lipinski definition) is 1. The maximum Gasteiger partial charge on any atom is 0.262 e. The summed E-state index contributed by atoms with van der Waals surface area (Å²) in [5.41, 5.74) is 4.35. The summed E-state index contributed by atoms with van der Waals surface area (Å²) in [6.07, 6.45) is 0.996. The number of rotatable bonds is 4. The van der Waals surface area contributed by atoms with Crippen LogP contribution in [0.25, 0.3) is 0 Å². The molecular weight excluding hydrogens is 324 g/mol. The summed E-state index contributed by atoms with van der Waals surface area (Å²) in [6, 6.07) is 9.10. The van der Waals surface area contributed by atoms with E-state index >= 15 is 0 Å². The van der Waals surface area contributed by atoms with E-state index in [4.69, 9.17) is 4.74 Å². The maximum atomic E-state index is 12.8. The molecule has 0 aromatic heterocycles. The van der Waals surface area contributed by atoms with Gasteiger partial charge in [0.1, 0.15) is 5.75 Å². The van der Waals surface area contributed by atoms with E-state index in [9.17, 15) is 8.42 Å². The molecule has 0 bridgehead atoms. The van der Waals surface area contributed by atoms with Crippen molar-refractivity contribution in [3.8, 4) is 5.75 Å². The number of sulfonamides is 1. The number of aryl methyl sites for hydroxylation is 2. The molecule has 5 nitrogen and oxygen atoms in total. The Morgan fingerprint density at radius 1 is 1.12 bits per heavy atom. The average Bonchev–Trinajstić information content (AvgIpc) is 2.89. The molecule has 0 aliphatic carbocycles. The van der Waals surface area contributed by atoms with Crippen LogP contribution in [0, 0.1) is 13.8 Å². The quantitative estimate of drug-likeness (QED) is 0.924. The molecule has 6 heteroatoms. The molecule has 1 N–H and O–H groups in total. The van der Waals surface area contributed by atoms with Crippen LogP contribution in [0.5, 0.6) is 5.75 Å². The van der Waals surface area contributed by atoms with Crippen molar-refractivity contribution >= 4 is 21.4 Å². The second-order valence-corrected chi connectivity index (χ2v) is 7.86. The predicted octanol–water partition coefficient (Wildman–Crippen LogP) is 3.11. The highest BCUT2D eigenvalue weighted by Crippen LogP contribution is 2.31. The fourth-order valence-corrected chi connectivity index (χ4v) is 4.45.